The molecule has 0 bridgehead atoms. The van der Waals surface area contributed by atoms with Crippen molar-refractivity contribution >= 4 is 16.3 Å². The van der Waals surface area contributed by atoms with Gasteiger partial charge in [0.2, 0.25) is 0 Å². The molecule has 1 atom stereocenters. The molecule has 0 aromatic rings. The molecule has 0 heterocycles. The van der Waals surface area contributed by atoms with Gasteiger partial charge < -0.3 is 0 Å². The SMILES string of the molecule is CCCC[CH]([Al])CC. The highest BCUT2D eigenvalue weighted by Gasteiger charge is 1.93. The van der Waals surface area contributed by atoms with Crippen LogP contribution in [-0.4, -0.2) is 16.3 Å². The van der Waals surface area contributed by atoms with E-state index in [1.165, 1.54) is 25.7 Å². The summed E-state index contributed by atoms with van der Waals surface area (Å²) in [6, 6.07) is 0. The Labute approximate surface area is 61.1 Å². The van der Waals surface area contributed by atoms with E-state index in [1.54, 1.807) is 0 Å². The van der Waals surface area contributed by atoms with Gasteiger partial charge in [0.1, 0.15) is 16.3 Å². The molecule has 46 valence electrons. The summed E-state index contributed by atoms with van der Waals surface area (Å²) in [7, 11) is 0. The summed E-state index contributed by atoms with van der Waals surface area (Å²) < 4.78 is 0.870. The van der Waals surface area contributed by atoms with Crippen molar-refractivity contribution in [3.05, 3.63) is 0 Å². The van der Waals surface area contributed by atoms with E-state index in [0.29, 0.717) is 0 Å². The van der Waals surface area contributed by atoms with Gasteiger partial charge in [0.05, 0.1) is 0 Å². The summed E-state index contributed by atoms with van der Waals surface area (Å²) in [5, 5.41) is 0. The van der Waals surface area contributed by atoms with Crippen LogP contribution in [-0.2, 0) is 0 Å². The van der Waals surface area contributed by atoms with Crippen LogP contribution in [0, 0.1) is 0 Å². The Morgan fingerprint density at radius 1 is 1.38 bits per heavy atom. The molecule has 0 saturated heterocycles. The van der Waals surface area contributed by atoms with Crippen LogP contribution >= 0.6 is 0 Å². The van der Waals surface area contributed by atoms with Gasteiger partial charge in [0.25, 0.3) is 0 Å². The first-order chi connectivity index (χ1) is 3.81. The number of rotatable bonds is 4. The lowest BCUT2D eigenvalue weighted by atomic mass is 10.2. The van der Waals surface area contributed by atoms with Crippen LogP contribution in [0.1, 0.15) is 39.5 Å². The fourth-order valence-electron chi connectivity index (χ4n) is 0.670. The minimum atomic E-state index is 0.870. The highest BCUT2D eigenvalue weighted by Crippen LogP contribution is 2.13. The molecule has 1 heteroatoms. The highest BCUT2D eigenvalue weighted by atomic mass is 27.0. The third-order valence-corrected chi connectivity index (χ3v) is 2.26. The first-order valence-electron chi connectivity index (χ1n) is 3.56. The molecule has 0 aromatic heterocycles. The lowest BCUT2D eigenvalue weighted by Gasteiger charge is -2.05. The lowest BCUT2D eigenvalue weighted by molar-refractivity contribution is 0.655. The van der Waals surface area contributed by atoms with Crippen molar-refractivity contribution in [2.45, 2.75) is 44.3 Å². The van der Waals surface area contributed by atoms with Gasteiger partial charge in [-0.15, -0.1) is 4.78 Å². The standard InChI is InChI=1S/C7H15.Al/c1-3-5-7-6-4-2;/h5H,3-4,6-7H2,1-2H3;. The van der Waals surface area contributed by atoms with Gasteiger partial charge in [0.15, 0.2) is 0 Å². The molecule has 0 spiro atoms. The van der Waals surface area contributed by atoms with E-state index >= 15 is 0 Å². The zero-order chi connectivity index (χ0) is 6.41. The minimum absolute atomic E-state index is 0.870. The second kappa shape index (κ2) is 5.67. The Morgan fingerprint density at radius 3 is 2.38 bits per heavy atom. The van der Waals surface area contributed by atoms with Gasteiger partial charge >= 0.3 is 0 Å². The summed E-state index contributed by atoms with van der Waals surface area (Å²) in [6.07, 6.45) is 5.43. The molecular weight excluding hydrogens is 111 g/mol. The van der Waals surface area contributed by atoms with Gasteiger partial charge in [-0.2, -0.15) is 0 Å². The average molecular weight is 126 g/mol. The molecule has 2 radical (unpaired) electrons. The predicted molar refractivity (Wildman–Crippen MR) is 39.3 cm³/mol. The number of hydrogen-bond acceptors (Lipinski definition) is 0. The zero-order valence-electron chi connectivity index (χ0n) is 5.98. The third kappa shape index (κ3) is 4.69. The Morgan fingerprint density at radius 2 is 2.00 bits per heavy atom. The van der Waals surface area contributed by atoms with E-state index in [4.69, 9.17) is 0 Å². The maximum Gasteiger partial charge on any atom is 0.123 e. The summed E-state index contributed by atoms with van der Waals surface area (Å²) in [5.41, 5.74) is 0. The van der Waals surface area contributed by atoms with E-state index in [1.807, 2.05) is 0 Å². The third-order valence-electron chi connectivity index (χ3n) is 1.45. The lowest BCUT2D eigenvalue weighted by Crippen LogP contribution is -1.88. The fraction of sp³-hybridized carbons (Fsp3) is 1.00. The quantitative estimate of drug-likeness (QED) is 0.508. The molecule has 0 aromatic carbocycles. The molecule has 0 aliphatic heterocycles. The minimum Gasteiger partial charge on any atom is -0.107 e. The van der Waals surface area contributed by atoms with E-state index in [9.17, 15) is 0 Å². The van der Waals surface area contributed by atoms with Crippen LogP contribution in [0.4, 0.5) is 0 Å². The van der Waals surface area contributed by atoms with Gasteiger partial charge in [0, 0.05) is 0 Å². The van der Waals surface area contributed by atoms with Crippen LogP contribution in [0.25, 0.3) is 0 Å². The van der Waals surface area contributed by atoms with Crippen molar-refractivity contribution in [3.63, 3.8) is 0 Å². The van der Waals surface area contributed by atoms with Gasteiger partial charge in [-0.25, -0.2) is 0 Å². The Kier molecular flexibility index (Phi) is 6.04. The molecule has 0 aliphatic carbocycles. The molecule has 0 nitrogen and oxygen atoms in total. The molecule has 0 aliphatic rings. The zero-order valence-corrected chi connectivity index (χ0v) is 7.14. The molecule has 8 heavy (non-hydrogen) atoms. The molecule has 0 fully saturated rings. The largest absolute Gasteiger partial charge is 0.123 e. The van der Waals surface area contributed by atoms with E-state index in [0.717, 1.165) is 4.78 Å². The predicted octanol–water partition coefficient (Wildman–Crippen LogP) is 2.54. The van der Waals surface area contributed by atoms with Crippen molar-refractivity contribution < 1.29 is 0 Å². The maximum atomic E-state index is 2.88. The first kappa shape index (κ1) is 8.53. The Balaban J connectivity index is 2.86. The van der Waals surface area contributed by atoms with E-state index in [2.05, 4.69) is 30.1 Å². The summed E-state index contributed by atoms with van der Waals surface area (Å²) >= 11 is 2.88. The smallest absolute Gasteiger partial charge is 0.107 e. The molecule has 0 rings (SSSR count). The van der Waals surface area contributed by atoms with Crippen molar-refractivity contribution in [1.29, 1.82) is 0 Å². The second-order valence-corrected chi connectivity index (χ2v) is 3.25. The maximum absolute atomic E-state index is 2.88. The van der Waals surface area contributed by atoms with Crippen LogP contribution < -0.4 is 0 Å². The number of hydrogen-bond donors (Lipinski definition) is 0. The van der Waals surface area contributed by atoms with Crippen molar-refractivity contribution in [2.24, 2.45) is 0 Å². The Hall–Kier alpha value is 0.532. The average Bonchev–Trinajstić information content (AvgIpc) is 1.83. The second-order valence-electron chi connectivity index (χ2n) is 2.31. The molecular formula is C7H15Al. The summed E-state index contributed by atoms with van der Waals surface area (Å²) in [5.74, 6) is 0. The Bertz CT molecular complexity index is 43.7. The van der Waals surface area contributed by atoms with Gasteiger partial charge in [-0.1, -0.05) is 39.5 Å². The highest BCUT2D eigenvalue weighted by molar-refractivity contribution is 6.11. The molecule has 0 saturated carbocycles. The summed E-state index contributed by atoms with van der Waals surface area (Å²) in [6.45, 7) is 4.49. The molecule has 0 N–H and O–H groups in total. The van der Waals surface area contributed by atoms with E-state index in [-0.39, 0.29) is 0 Å². The van der Waals surface area contributed by atoms with E-state index < -0.39 is 0 Å². The molecule has 0 amide bonds. The normalized spacial score (nSPS) is 13.8. The number of unbranched alkanes of at least 4 members (excludes halogenated alkanes) is 1. The van der Waals surface area contributed by atoms with Gasteiger partial charge in [-0.05, 0) is 0 Å². The fourth-order valence-corrected chi connectivity index (χ4v) is 0.906. The van der Waals surface area contributed by atoms with Crippen molar-refractivity contribution in [2.75, 3.05) is 0 Å². The van der Waals surface area contributed by atoms with Crippen molar-refractivity contribution in [3.8, 4) is 0 Å². The van der Waals surface area contributed by atoms with Crippen LogP contribution in [0.5, 0.6) is 0 Å². The molecule has 1 unspecified atom stereocenters. The first-order valence-corrected chi connectivity index (χ1v) is 4.23. The van der Waals surface area contributed by atoms with Crippen LogP contribution in [0.2, 0.25) is 4.78 Å². The van der Waals surface area contributed by atoms with Gasteiger partial charge in [-0.3, -0.25) is 0 Å². The monoisotopic (exact) mass is 126 g/mol. The van der Waals surface area contributed by atoms with Crippen molar-refractivity contribution in [1.82, 2.24) is 0 Å². The van der Waals surface area contributed by atoms with Crippen LogP contribution in [0.3, 0.4) is 0 Å². The summed E-state index contributed by atoms with van der Waals surface area (Å²) in [4.78, 5) is 0. The van der Waals surface area contributed by atoms with Crippen LogP contribution in [0.15, 0.2) is 0 Å². The topological polar surface area (TPSA) is 0 Å².